The van der Waals surface area contributed by atoms with Crippen LogP contribution in [0.5, 0.6) is 0 Å². The maximum atomic E-state index is 7.00. The largest absolute Gasteiger partial charge is 0.400 e. The Morgan fingerprint density at radius 2 is 0.840 bits per heavy atom. The molecule has 0 spiro atoms. The third kappa shape index (κ3) is 6.87. The molecule has 1 nitrogen and oxygen atoms in total. The van der Waals surface area contributed by atoms with Crippen molar-refractivity contribution in [3.8, 4) is 0 Å². The van der Waals surface area contributed by atoms with Gasteiger partial charge < -0.3 is 5.11 Å². The van der Waals surface area contributed by atoms with Gasteiger partial charge in [0.15, 0.2) is 0 Å². The molecule has 0 amide bonds. The second kappa shape index (κ2) is 11.0. The molecule has 0 aromatic rings. The van der Waals surface area contributed by atoms with E-state index in [4.69, 9.17) is 5.11 Å². The summed E-state index contributed by atoms with van der Waals surface area (Å²) in [6.45, 7) is 21.1. The van der Waals surface area contributed by atoms with Crippen LogP contribution in [0, 0.1) is 11.8 Å². The van der Waals surface area contributed by atoms with E-state index in [0.29, 0.717) is 5.31 Å². The van der Waals surface area contributed by atoms with Gasteiger partial charge in [-0.2, -0.15) is 0 Å². The van der Waals surface area contributed by atoms with Crippen molar-refractivity contribution in [3.63, 3.8) is 0 Å². The molecule has 0 bridgehead atoms. The summed E-state index contributed by atoms with van der Waals surface area (Å²) in [6.07, 6.45) is 0. The van der Waals surface area contributed by atoms with Crippen molar-refractivity contribution < 1.29 is 5.11 Å². The van der Waals surface area contributed by atoms with Crippen molar-refractivity contribution in [2.45, 2.75) is 104 Å². The molecule has 152 valence electrons. The van der Waals surface area contributed by atoms with Crippen LogP contribution in [0.15, 0.2) is 0 Å². The van der Waals surface area contributed by atoms with Gasteiger partial charge in [0.1, 0.15) is 0 Å². The van der Waals surface area contributed by atoms with Gasteiger partial charge in [-0.15, -0.1) is 0 Å². The molecule has 0 aliphatic rings. The molecule has 0 saturated heterocycles. The molecule has 0 rings (SSSR count). The Bertz CT molecular complexity index is 335. The average Bonchev–Trinajstić information content (AvgIpc) is 2.34. The zero-order valence-electron chi connectivity index (χ0n) is 20.4. The molecule has 0 saturated carbocycles. The molecule has 0 aromatic carbocycles. The summed E-state index contributed by atoms with van der Waals surface area (Å²) in [7, 11) is 1.00. The van der Waals surface area contributed by atoms with Crippen LogP contribution < -0.4 is 0 Å². The predicted molar refractivity (Wildman–Crippen MR) is 127 cm³/mol. The molecule has 0 fully saturated rings. The van der Waals surface area contributed by atoms with E-state index < -0.39 is 36.8 Å². The minimum Gasteiger partial charge on any atom is -0.400 e. The van der Waals surface area contributed by atoms with Crippen molar-refractivity contribution in [2.24, 2.45) is 11.8 Å². The molecule has 25 heavy (non-hydrogen) atoms. The zero-order valence-corrected chi connectivity index (χ0v) is 26.1. The SMILES string of the molecule is CC(C)B(C(C)C)C(C(C)C)(C(C)C)[CH]([Sn]([CH3])([CH3])[CH3])[Sn]([CH3])([CH3])[CH3].CO. The molecule has 0 atom stereocenters. The average molecular weight is 568 g/mol. The van der Waals surface area contributed by atoms with Crippen molar-refractivity contribution in [2.75, 3.05) is 7.11 Å². The molecule has 4 heteroatoms. The first-order valence-electron chi connectivity index (χ1n) is 10.5. The fraction of sp³-hybridized carbons (Fsp3) is 1.00. The maximum Gasteiger partial charge on any atom is 0.0319 e. The number of aliphatic hydroxyl groups is 1. The second-order valence-corrected chi connectivity index (χ2v) is 46.5. The van der Waals surface area contributed by atoms with E-state index in [-0.39, 0.29) is 0 Å². The first kappa shape index (κ1) is 28.8. The van der Waals surface area contributed by atoms with Gasteiger partial charge in [-0.3, -0.25) is 0 Å². The van der Waals surface area contributed by atoms with E-state index >= 15 is 0 Å². The van der Waals surface area contributed by atoms with Gasteiger partial charge in [0.05, 0.1) is 0 Å². The van der Waals surface area contributed by atoms with Crippen molar-refractivity contribution in [1.29, 1.82) is 0 Å². The summed E-state index contributed by atoms with van der Waals surface area (Å²) in [5.41, 5.74) is 0. The van der Waals surface area contributed by atoms with Gasteiger partial charge in [0, 0.05) is 7.11 Å². The van der Waals surface area contributed by atoms with E-state index in [1.54, 1.807) is 0 Å². The minimum absolute atomic E-state index is 0.533. The summed E-state index contributed by atoms with van der Waals surface area (Å²) >= 11 is -4.17. The van der Waals surface area contributed by atoms with Crippen LogP contribution in [-0.2, 0) is 0 Å². The van der Waals surface area contributed by atoms with Crippen LogP contribution in [-0.4, -0.2) is 55.7 Å². The Kier molecular flexibility index (Phi) is 12.7. The molecule has 0 aliphatic carbocycles. The Morgan fingerprint density at radius 1 is 0.600 bits per heavy atom. The van der Waals surface area contributed by atoms with Crippen LogP contribution in [0.2, 0.25) is 48.5 Å². The molecular weight excluding hydrogens is 516 g/mol. The maximum absolute atomic E-state index is 7.00. The summed E-state index contributed by atoms with van der Waals surface area (Å²) in [5, 5.41) is 7.53. The van der Waals surface area contributed by atoms with Crippen LogP contribution >= 0.6 is 0 Å². The standard InChI is InChI=1S/C14H29B.CH4O.6CH3.2Sn/c1-10(2)14(9,11(3)4)15(12(5)6)13(7)8;1-2;;;;;;;;/h9-13H,1-8H3;2H,1H3;6*1H3;;. The van der Waals surface area contributed by atoms with Crippen LogP contribution in [0.1, 0.15) is 55.4 Å². The Balaban J connectivity index is 0. The molecule has 1 N–H and O–H groups in total. The Labute approximate surface area is 170 Å². The van der Waals surface area contributed by atoms with E-state index in [9.17, 15) is 0 Å². The molecule has 0 radical (unpaired) electrons. The summed E-state index contributed by atoms with van der Waals surface area (Å²) < 4.78 is 1.10. The monoisotopic (exact) mass is 570 g/mol. The summed E-state index contributed by atoms with van der Waals surface area (Å²) in [4.78, 5) is 16.4. The number of aliphatic hydroxyl groups excluding tert-OH is 1. The third-order valence-corrected chi connectivity index (χ3v) is 52.1. The molecule has 0 unspecified atom stereocenters. The molecular formula is C21H51BOSn2. The molecule has 0 aliphatic heterocycles. The fourth-order valence-electron chi connectivity index (χ4n) is 7.02. The predicted octanol–water partition coefficient (Wildman–Crippen LogP) is 7.55. The van der Waals surface area contributed by atoms with Crippen LogP contribution in [0.4, 0.5) is 0 Å². The normalized spacial score (nSPS) is 13.8. The first-order valence-corrected chi connectivity index (χ1v) is 30.9. The Hall–Kier alpha value is 1.62. The van der Waals surface area contributed by atoms with Crippen molar-refractivity contribution >= 4 is 43.5 Å². The van der Waals surface area contributed by atoms with Crippen molar-refractivity contribution in [3.05, 3.63) is 0 Å². The number of hydrogen-bond acceptors (Lipinski definition) is 1. The molecule has 0 aromatic heterocycles. The Morgan fingerprint density at radius 3 is 0.960 bits per heavy atom. The number of hydrogen-bond donors (Lipinski definition) is 1. The van der Waals surface area contributed by atoms with Gasteiger partial charge in [-0.05, 0) is 0 Å². The number of rotatable bonds is 8. The van der Waals surface area contributed by atoms with Gasteiger partial charge in [0.2, 0.25) is 0 Å². The topological polar surface area (TPSA) is 20.2 Å². The quantitative estimate of drug-likeness (QED) is 0.300. The first-order chi connectivity index (χ1) is 11.0. The van der Waals surface area contributed by atoms with E-state index in [0.717, 1.165) is 39.2 Å². The van der Waals surface area contributed by atoms with E-state index in [1.165, 1.54) is 0 Å². The molecule has 0 heterocycles. The van der Waals surface area contributed by atoms with Gasteiger partial charge in [0.25, 0.3) is 0 Å². The minimum atomic E-state index is -2.08. The van der Waals surface area contributed by atoms with Gasteiger partial charge in [-0.25, -0.2) is 0 Å². The van der Waals surface area contributed by atoms with Crippen LogP contribution in [0.3, 0.4) is 0 Å². The van der Waals surface area contributed by atoms with Gasteiger partial charge in [-0.1, -0.05) is 0 Å². The van der Waals surface area contributed by atoms with Gasteiger partial charge >= 0.3 is 159 Å². The van der Waals surface area contributed by atoms with E-state index in [1.807, 2.05) is 0 Å². The smallest absolute Gasteiger partial charge is 0.0319 e. The fourth-order valence-corrected chi connectivity index (χ4v) is 77.6. The summed E-state index contributed by atoms with van der Waals surface area (Å²) in [5.74, 6) is 3.14. The van der Waals surface area contributed by atoms with Crippen molar-refractivity contribution in [1.82, 2.24) is 0 Å². The van der Waals surface area contributed by atoms with E-state index in [2.05, 4.69) is 85.0 Å². The third-order valence-electron chi connectivity index (χ3n) is 6.25. The second-order valence-electron chi connectivity index (χ2n) is 11.5. The van der Waals surface area contributed by atoms with Crippen LogP contribution in [0.25, 0.3) is 0 Å². The summed E-state index contributed by atoms with van der Waals surface area (Å²) in [6, 6.07) is 0. The zero-order chi connectivity index (χ0) is 21.0.